The summed E-state index contributed by atoms with van der Waals surface area (Å²) in [5, 5.41) is 11.3. The van der Waals surface area contributed by atoms with Crippen LogP contribution < -0.4 is 0 Å². The zero-order valence-electron chi connectivity index (χ0n) is 13.6. The normalized spacial score (nSPS) is 11.2. The molecule has 0 bridgehead atoms. The Hall–Kier alpha value is -3.18. The molecule has 0 aliphatic heterocycles. The van der Waals surface area contributed by atoms with Crippen LogP contribution in [0, 0.1) is 0 Å². The number of benzene rings is 2. The minimum Gasteiger partial charge on any atom is -0.477 e. The van der Waals surface area contributed by atoms with Crippen LogP contribution in [0.15, 0.2) is 54.7 Å². The summed E-state index contributed by atoms with van der Waals surface area (Å²) in [6.07, 6.45) is 1.57. The third-order valence-corrected chi connectivity index (χ3v) is 4.34. The van der Waals surface area contributed by atoms with Gasteiger partial charge in [0.2, 0.25) is 0 Å². The molecule has 0 aliphatic carbocycles. The van der Waals surface area contributed by atoms with Gasteiger partial charge in [-0.05, 0) is 23.3 Å². The molecule has 0 atom stereocenters. The van der Waals surface area contributed by atoms with Crippen LogP contribution in [0.2, 0.25) is 0 Å². The SMILES string of the molecule is COCc1c(C(=O)O)ncc2[nH]c3ccc(-c4ccccc4)cc3c12. The Kier molecular flexibility index (Phi) is 3.71. The van der Waals surface area contributed by atoms with Gasteiger partial charge in [0.15, 0.2) is 5.69 Å². The maximum absolute atomic E-state index is 11.6. The maximum Gasteiger partial charge on any atom is 0.354 e. The Morgan fingerprint density at radius 1 is 1.12 bits per heavy atom. The molecular weight excluding hydrogens is 316 g/mol. The van der Waals surface area contributed by atoms with Crippen molar-refractivity contribution < 1.29 is 14.6 Å². The molecule has 0 radical (unpaired) electrons. The van der Waals surface area contributed by atoms with E-state index in [1.54, 1.807) is 13.3 Å². The number of methoxy groups -OCH3 is 1. The second kappa shape index (κ2) is 6.03. The van der Waals surface area contributed by atoms with Crippen molar-refractivity contribution in [3.63, 3.8) is 0 Å². The molecule has 0 spiro atoms. The monoisotopic (exact) mass is 332 g/mol. The van der Waals surface area contributed by atoms with Crippen molar-refractivity contribution in [1.29, 1.82) is 0 Å². The van der Waals surface area contributed by atoms with Gasteiger partial charge in [-0.1, -0.05) is 36.4 Å². The molecule has 0 unspecified atom stereocenters. The number of aromatic amines is 1. The van der Waals surface area contributed by atoms with E-state index in [1.165, 1.54) is 0 Å². The van der Waals surface area contributed by atoms with E-state index in [-0.39, 0.29) is 12.3 Å². The first-order valence-corrected chi connectivity index (χ1v) is 7.90. The van der Waals surface area contributed by atoms with Gasteiger partial charge in [0.05, 0.1) is 18.3 Å². The molecule has 25 heavy (non-hydrogen) atoms. The summed E-state index contributed by atoms with van der Waals surface area (Å²) >= 11 is 0. The first-order valence-electron chi connectivity index (χ1n) is 7.90. The number of hydrogen-bond acceptors (Lipinski definition) is 3. The van der Waals surface area contributed by atoms with E-state index < -0.39 is 5.97 Å². The summed E-state index contributed by atoms with van der Waals surface area (Å²) in [6, 6.07) is 16.2. The Morgan fingerprint density at radius 3 is 2.64 bits per heavy atom. The van der Waals surface area contributed by atoms with Crippen molar-refractivity contribution in [3.8, 4) is 11.1 Å². The number of H-pyrrole nitrogens is 1. The number of ether oxygens (including phenoxy) is 1. The topological polar surface area (TPSA) is 75.2 Å². The number of carboxylic acid groups (broad SMARTS) is 1. The highest BCUT2D eigenvalue weighted by atomic mass is 16.5. The number of pyridine rings is 1. The Bertz CT molecular complexity index is 1080. The molecule has 2 N–H and O–H groups in total. The van der Waals surface area contributed by atoms with E-state index in [2.05, 4.69) is 34.2 Å². The van der Waals surface area contributed by atoms with Crippen LogP contribution in [0.3, 0.4) is 0 Å². The number of aromatic carboxylic acids is 1. The number of carbonyl (C=O) groups is 1. The smallest absolute Gasteiger partial charge is 0.354 e. The lowest BCUT2D eigenvalue weighted by Gasteiger charge is -2.07. The number of rotatable bonds is 4. The van der Waals surface area contributed by atoms with Gasteiger partial charge in [-0.3, -0.25) is 0 Å². The van der Waals surface area contributed by atoms with Crippen LogP contribution in [0.4, 0.5) is 0 Å². The Balaban J connectivity index is 2.04. The van der Waals surface area contributed by atoms with E-state index in [9.17, 15) is 9.90 Å². The quantitative estimate of drug-likeness (QED) is 0.586. The molecule has 0 aliphatic rings. The summed E-state index contributed by atoms with van der Waals surface area (Å²) in [4.78, 5) is 19.0. The van der Waals surface area contributed by atoms with E-state index in [0.717, 1.165) is 32.9 Å². The number of aromatic nitrogens is 2. The predicted molar refractivity (Wildman–Crippen MR) is 96.7 cm³/mol. The summed E-state index contributed by atoms with van der Waals surface area (Å²) in [5.41, 5.74) is 4.54. The Labute approximate surface area is 143 Å². The molecule has 0 amide bonds. The molecule has 5 nitrogen and oxygen atoms in total. The van der Waals surface area contributed by atoms with Gasteiger partial charge in [-0.2, -0.15) is 0 Å². The van der Waals surface area contributed by atoms with Crippen molar-refractivity contribution >= 4 is 27.8 Å². The van der Waals surface area contributed by atoms with E-state index >= 15 is 0 Å². The summed E-state index contributed by atoms with van der Waals surface area (Å²) in [6.45, 7) is 0.189. The number of nitrogens with zero attached hydrogens (tertiary/aromatic N) is 1. The molecular formula is C20H16N2O3. The number of hydrogen-bond donors (Lipinski definition) is 2. The maximum atomic E-state index is 11.6. The molecule has 2 aromatic carbocycles. The van der Waals surface area contributed by atoms with Crippen LogP contribution in [-0.2, 0) is 11.3 Å². The average Bonchev–Trinajstić information content (AvgIpc) is 3.00. The molecule has 0 saturated heterocycles. The van der Waals surface area contributed by atoms with Gasteiger partial charge in [0, 0.05) is 29.0 Å². The zero-order chi connectivity index (χ0) is 17.4. The standard InChI is InChI=1S/C20H16N2O3/c1-25-11-15-18-14-9-13(12-5-3-2-4-6-12)7-8-16(14)22-17(18)10-21-19(15)20(23)24/h2-10,22H,11H2,1H3,(H,23,24). The predicted octanol–water partition coefficient (Wildman–Crippen LogP) is 4.23. The van der Waals surface area contributed by atoms with Crippen LogP contribution in [-0.4, -0.2) is 28.2 Å². The zero-order valence-corrected chi connectivity index (χ0v) is 13.6. The first-order chi connectivity index (χ1) is 12.2. The first kappa shape index (κ1) is 15.4. The molecule has 4 aromatic rings. The fourth-order valence-electron chi connectivity index (χ4n) is 3.24. The van der Waals surface area contributed by atoms with Crippen LogP contribution in [0.1, 0.15) is 16.1 Å². The Morgan fingerprint density at radius 2 is 1.92 bits per heavy atom. The highest BCUT2D eigenvalue weighted by Gasteiger charge is 2.18. The lowest BCUT2D eigenvalue weighted by atomic mass is 10.0. The largest absolute Gasteiger partial charge is 0.477 e. The summed E-state index contributed by atoms with van der Waals surface area (Å²) in [5.74, 6) is -1.05. The van der Waals surface area contributed by atoms with Crippen LogP contribution in [0.5, 0.6) is 0 Å². The van der Waals surface area contributed by atoms with Crippen molar-refractivity contribution in [1.82, 2.24) is 9.97 Å². The molecule has 5 heteroatoms. The molecule has 2 heterocycles. The van der Waals surface area contributed by atoms with Crippen LogP contribution in [0.25, 0.3) is 32.9 Å². The number of fused-ring (bicyclic) bond motifs is 3. The van der Waals surface area contributed by atoms with E-state index in [1.807, 2.05) is 24.3 Å². The molecule has 2 aromatic heterocycles. The van der Waals surface area contributed by atoms with Gasteiger partial charge < -0.3 is 14.8 Å². The van der Waals surface area contributed by atoms with Crippen molar-refractivity contribution in [3.05, 3.63) is 66.0 Å². The lowest BCUT2D eigenvalue weighted by Crippen LogP contribution is -2.07. The second-order valence-corrected chi connectivity index (χ2v) is 5.86. The molecule has 124 valence electrons. The highest BCUT2D eigenvalue weighted by molar-refractivity contribution is 6.11. The minimum absolute atomic E-state index is 0.0281. The van der Waals surface area contributed by atoms with Gasteiger partial charge in [-0.15, -0.1) is 0 Å². The molecule has 0 saturated carbocycles. The third-order valence-electron chi connectivity index (χ3n) is 4.34. The van der Waals surface area contributed by atoms with E-state index in [0.29, 0.717) is 5.56 Å². The minimum atomic E-state index is -1.05. The lowest BCUT2D eigenvalue weighted by molar-refractivity contribution is 0.0685. The van der Waals surface area contributed by atoms with Crippen molar-refractivity contribution in [2.45, 2.75) is 6.61 Å². The van der Waals surface area contributed by atoms with Crippen LogP contribution >= 0.6 is 0 Å². The van der Waals surface area contributed by atoms with E-state index in [4.69, 9.17) is 4.74 Å². The average molecular weight is 332 g/mol. The van der Waals surface area contributed by atoms with Gasteiger partial charge in [0.25, 0.3) is 0 Å². The molecule has 4 rings (SSSR count). The molecule has 0 fully saturated rings. The van der Waals surface area contributed by atoms with Gasteiger partial charge >= 0.3 is 5.97 Å². The fourth-order valence-corrected chi connectivity index (χ4v) is 3.24. The number of nitrogens with one attached hydrogen (secondary N) is 1. The van der Waals surface area contributed by atoms with Crippen molar-refractivity contribution in [2.24, 2.45) is 0 Å². The van der Waals surface area contributed by atoms with Crippen molar-refractivity contribution in [2.75, 3.05) is 7.11 Å². The summed E-state index contributed by atoms with van der Waals surface area (Å²) in [7, 11) is 1.55. The van der Waals surface area contributed by atoms with Gasteiger partial charge in [0.1, 0.15) is 0 Å². The van der Waals surface area contributed by atoms with Gasteiger partial charge in [-0.25, -0.2) is 9.78 Å². The number of carboxylic acids is 1. The second-order valence-electron chi connectivity index (χ2n) is 5.86. The third kappa shape index (κ3) is 2.55. The highest BCUT2D eigenvalue weighted by Crippen LogP contribution is 2.33. The summed E-state index contributed by atoms with van der Waals surface area (Å²) < 4.78 is 5.24. The fraction of sp³-hybridized carbons (Fsp3) is 0.100.